The van der Waals surface area contributed by atoms with Crippen LogP contribution >= 0.6 is 49.9 Å². The van der Waals surface area contributed by atoms with Crippen molar-refractivity contribution in [1.29, 1.82) is 0 Å². The number of methoxy groups -OCH3 is 1. The molecule has 0 bridgehead atoms. The standard InChI is InChI=1S/C19H18BrIN2O4S/c1-22-18-15(17(25)23(19(22)26)8-7-14(24)27-2)13(9-20)16(28-18)12-5-3-11(10-21)4-6-12/h3-6H,7-10H2,1-2H3. The van der Waals surface area contributed by atoms with E-state index in [1.165, 1.54) is 28.6 Å². The number of thiophene rings is 1. The van der Waals surface area contributed by atoms with Crippen molar-refractivity contribution in [3.63, 3.8) is 0 Å². The fourth-order valence-electron chi connectivity index (χ4n) is 3.01. The Morgan fingerprint density at radius 3 is 2.50 bits per heavy atom. The van der Waals surface area contributed by atoms with Crippen molar-refractivity contribution in [3.05, 3.63) is 56.2 Å². The second-order valence-electron chi connectivity index (χ2n) is 6.18. The van der Waals surface area contributed by atoms with Gasteiger partial charge in [-0.3, -0.25) is 18.7 Å². The van der Waals surface area contributed by atoms with Crippen LogP contribution in [0.5, 0.6) is 0 Å². The Labute approximate surface area is 187 Å². The van der Waals surface area contributed by atoms with Crippen LogP contribution in [0, 0.1) is 0 Å². The van der Waals surface area contributed by atoms with Crippen LogP contribution in [-0.2, 0) is 32.9 Å². The lowest BCUT2D eigenvalue weighted by molar-refractivity contribution is -0.140. The Morgan fingerprint density at radius 1 is 1.25 bits per heavy atom. The highest BCUT2D eigenvalue weighted by atomic mass is 127. The van der Waals surface area contributed by atoms with E-state index in [2.05, 4.69) is 55.4 Å². The maximum Gasteiger partial charge on any atom is 0.331 e. The average molecular weight is 577 g/mol. The number of benzene rings is 1. The van der Waals surface area contributed by atoms with Crippen LogP contribution < -0.4 is 11.2 Å². The van der Waals surface area contributed by atoms with Gasteiger partial charge in [0.2, 0.25) is 0 Å². The molecule has 1 aromatic carbocycles. The molecule has 0 fully saturated rings. The van der Waals surface area contributed by atoms with Crippen LogP contribution in [0.3, 0.4) is 0 Å². The lowest BCUT2D eigenvalue weighted by Gasteiger charge is -2.08. The molecule has 28 heavy (non-hydrogen) atoms. The minimum Gasteiger partial charge on any atom is -0.469 e. The summed E-state index contributed by atoms with van der Waals surface area (Å²) in [5.41, 5.74) is 2.29. The highest BCUT2D eigenvalue weighted by molar-refractivity contribution is 14.1. The van der Waals surface area contributed by atoms with Gasteiger partial charge in [0, 0.05) is 28.2 Å². The Bertz CT molecular complexity index is 1150. The molecule has 2 heterocycles. The first-order chi connectivity index (χ1) is 13.4. The summed E-state index contributed by atoms with van der Waals surface area (Å²) in [5.74, 6) is -0.462. The topological polar surface area (TPSA) is 70.3 Å². The third-order valence-electron chi connectivity index (χ3n) is 4.54. The summed E-state index contributed by atoms with van der Waals surface area (Å²) < 4.78 is 8.14. The third kappa shape index (κ3) is 3.84. The zero-order valence-electron chi connectivity index (χ0n) is 15.3. The molecule has 0 N–H and O–H groups in total. The lowest BCUT2D eigenvalue weighted by atomic mass is 10.1. The molecule has 2 aromatic heterocycles. The first kappa shape index (κ1) is 21.3. The number of fused-ring (bicyclic) bond motifs is 1. The molecule has 3 aromatic rings. The highest BCUT2D eigenvalue weighted by Crippen LogP contribution is 2.38. The Morgan fingerprint density at radius 2 is 1.93 bits per heavy atom. The van der Waals surface area contributed by atoms with Crippen LogP contribution in [0.15, 0.2) is 33.9 Å². The predicted octanol–water partition coefficient (Wildman–Crippen LogP) is 3.82. The van der Waals surface area contributed by atoms with E-state index in [4.69, 9.17) is 0 Å². The summed E-state index contributed by atoms with van der Waals surface area (Å²) in [5, 5.41) is 1.00. The van der Waals surface area contributed by atoms with Crippen LogP contribution in [0.4, 0.5) is 0 Å². The Kier molecular flexibility index (Phi) is 6.77. The molecule has 9 heteroatoms. The number of ether oxygens (including phenoxy) is 1. The van der Waals surface area contributed by atoms with Gasteiger partial charge in [0.15, 0.2) is 0 Å². The van der Waals surface area contributed by atoms with Gasteiger partial charge in [0.1, 0.15) is 4.83 Å². The average Bonchev–Trinajstić information content (AvgIpc) is 3.11. The molecule has 3 rings (SSSR count). The number of rotatable bonds is 6. The van der Waals surface area contributed by atoms with Gasteiger partial charge in [-0.2, -0.15) is 0 Å². The molecule has 0 aliphatic rings. The van der Waals surface area contributed by atoms with Crippen molar-refractivity contribution < 1.29 is 9.53 Å². The molecule has 6 nitrogen and oxygen atoms in total. The van der Waals surface area contributed by atoms with Gasteiger partial charge in [0.05, 0.1) is 18.9 Å². The molecule has 0 radical (unpaired) electrons. The van der Waals surface area contributed by atoms with E-state index in [-0.39, 0.29) is 18.5 Å². The minimum atomic E-state index is -0.462. The SMILES string of the molecule is COC(=O)CCn1c(=O)c2c(CBr)c(-c3ccc(CI)cc3)sc2n(C)c1=O. The van der Waals surface area contributed by atoms with Crippen molar-refractivity contribution in [2.45, 2.75) is 22.7 Å². The molecule has 0 aliphatic carbocycles. The zero-order chi connectivity index (χ0) is 20.4. The fourth-order valence-corrected chi connectivity index (χ4v) is 5.53. The van der Waals surface area contributed by atoms with Crippen molar-refractivity contribution in [3.8, 4) is 10.4 Å². The number of esters is 1. The minimum absolute atomic E-state index is 0.00855. The van der Waals surface area contributed by atoms with Crippen molar-refractivity contribution in [2.75, 3.05) is 7.11 Å². The number of halogens is 2. The highest BCUT2D eigenvalue weighted by Gasteiger charge is 2.21. The predicted molar refractivity (Wildman–Crippen MR) is 124 cm³/mol. The number of aryl methyl sites for hydroxylation is 1. The van der Waals surface area contributed by atoms with Gasteiger partial charge in [-0.15, -0.1) is 11.3 Å². The second kappa shape index (κ2) is 8.91. The molecule has 0 spiro atoms. The Balaban J connectivity index is 2.23. The fraction of sp³-hybridized carbons (Fsp3) is 0.316. The first-order valence-corrected chi connectivity index (χ1v) is 11.9. The smallest absolute Gasteiger partial charge is 0.331 e. The van der Waals surface area contributed by atoms with Crippen LogP contribution in [0.2, 0.25) is 0 Å². The Hall–Kier alpha value is -1.46. The van der Waals surface area contributed by atoms with Gasteiger partial charge < -0.3 is 4.74 Å². The molecule has 0 saturated carbocycles. The number of carbonyl (C=O) groups is 1. The normalized spacial score (nSPS) is 11.1. The number of hydrogen-bond acceptors (Lipinski definition) is 5. The lowest BCUT2D eigenvalue weighted by Crippen LogP contribution is -2.39. The summed E-state index contributed by atoms with van der Waals surface area (Å²) in [6, 6.07) is 8.22. The molecule has 148 valence electrons. The molecular formula is C19H18BrIN2O4S. The monoisotopic (exact) mass is 576 g/mol. The van der Waals surface area contributed by atoms with E-state index in [1.807, 2.05) is 12.1 Å². The molecule has 0 aliphatic heterocycles. The van der Waals surface area contributed by atoms with Gasteiger partial charge in [-0.25, -0.2) is 4.79 Å². The first-order valence-electron chi connectivity index (χ1n) is 8.46. The maximum atomic E-state index is 13.1. The van der Waals surface area contributed by atoms with Crippen LogP contribution in [0.1, 0.15) is 17.5 Å². The van der Waals surface area contributed by atoms with E-state index in [9.17, 15) is 14.4 Å². The molecule has 0 atom stereocenters. The number of hydrogen-bond donors (Lipinski definition) is 0. The molecular weight excluding hydrogens is 559 g/mol. The van der Waals surface area contributed by atoms with Crippen molar-refractivity contribution >= 4 is 66.0 Å². The van der Waals surface area contributed by atoms with E-state index < -0.39 is 11.7 Å². The van der Waals surface area contributed by atoms with E-state index in [0.717, 1.165) is 25.0 Å². The summed E-state index contributed by atoms with van der Waals surface area (Å²) >= 11 is 7.25. The number of carbonyl (C=O) groups excluding carboxylic acids is 1. The van der Waals surface area contributed by atoms with Crippen molar-refractivity contribution in [1.82, 2.24) is 9.13 Å². The van der Waals surface area contributed by atoms with E-state index in [1.54, 1.807) is 7.05 Å². The van der Waals surface area contributed by atoms with Crippen molar-refractivity contribution in [2.24, 2.45) is 7.05 Å². The number of alkyl halides is 2. The summed E-state index contributed by atoms with van der Waals surface area (Å²) in [6.07, 6.45) is -0.0322. The van der Waals surface area contributed by atoms with Gasteiger partial charge in [-0.1, -0.05) is 62.8 Å². The van der Waals surface area contributed by atoms with Gasteiger partial charge in [-0.05, 0) is 16.7 Å². The molecule has 0 amide bonds. The van der Waals surface area contributed by atoms with Gasteiger partial charge >= 0.3 is 11.7 Å². The third-order valence-corrected chi connectivity index (χ3v) is 7.34. The zero-order valence-corrected chi connectivity index (χ0v) is 19.9. The molecule has 0 unspecified atom stereocenters. The van der Waals surface area contributed by atoms with Crippen LogP contribution in [-0.4, -0.2) is 22.2 Å². The number of aromatic nitrogens is 2. The quantitative estimate of drug-likeness (QED) is 0.254. The summed E-state index contributed by atoms with van der Waals surface area (Å²) in [6.45, 7) is -0.00855. The summed E-state index contributed by atoms with van der Waals surface area (Å²) in [7, 11) is 2.93. The van der Waals surface area contributed by atoms with E-state index in [0.29, 0.717) is 15.5 Å². The maximum absolute atomic E-state index is 13.1. The van der Waals surface area contributed by atoms with Crippen LogP contribution in [0.25, 0.3) is 20.7 Å². The van der Waals surface area contributed by atoms with Gasteiger partial charge in [0.25, 0.3) is 5.56 Å². The second-order valence-corrected chi connectivity index (χ2v) is 8.50. The molecule has 0 saturated heterocycles. The summed E-state index contributed by atoms with van der Waals surface area (Å²) in [4.78, 5) is 38.9. The number of nitrogens with zero attached hydrogens (tertiary/aromatic N) is 2. The van der Waals surface area contributed by atoms with E-state index >= 15 is 0 Å². The largest absolute Gasteiger partial charge is 0.469 e.